The molecule has 0 radical (unpaired) electrons. The van der Waals surface area contributed by atoms with Gasteiger partial charge in [0.2, 0.25) is 0 Å². The van der Waals surface area contributed by atoms with E-state index >= 15 is 0 Å². The van der Waals surface area contributed by atoms with Crippen molar-refractivity contribution in [1.82, 2.24) is 0 Å². The summed E-state index contributed by atoms with van der Waals surface area (Å²) in [6.45, 7) is 5.97. The van der Waals surface area contributed by atoms with Crippen molar-refractivity contribution < 1.29 is 9.53 Å². The molecule has 1 aliphatic heterocycles. The highest BCUT2D eigenvalue weighted by molar-refractivity contribution is 6.00. The number of ether oxygens (including phenoxy) is 1. The van der Waals surface area contributed by atoms with Gasteiger partial charge in [0.1, 0.15) is 5.75 Å². The van der Waals surface area contributed by atoms with E-state index in [2.05, 4.69) is 5.32 Å². The second-order valence-corrected chi connectivity index (χ2v) is 4.26. The molecular weight excluding hydrogens is 202 g/mol. The highest BCUT2D eigenvalue weighted by Crippen LogP contribution is 2.37. The van der Waals surface area contributed by atoms with Gasteiger partial charge in [0, 0.05) is 0 Å². The van der Waals surface area contributed by atoms with E-state index in [0.717, 1.165) is 17.0 Å². The van der Waals surface area contributed by atoms with Gasteiger partial charge in [-0.05, 0) is 37.5 Å². The van der Waals surface area contributed by atoms with Gasteiger partial charge in [-0.3, -0.25) is 4.79 Å². The number of aryl methyl sites for hydroxylation is 1. The van der Waals surface area contributed by atoms with Crippen LogP contribution in [0.2, 0.25) is 0 Å². The first-order valence-corrected chi connectivity index (χ1v) is 5.72. The lowest BCUT2D eigenvalue weighted by Crippen LogP contribution is -2.49. The molecule has 16 heavy (non-hydrogen) atoms. The number of amides is 1. The number of rotatable bonds is 2. The van der Waals surface area contributed by atoms with Crippen LogP contribution in [0.3, 0.4) is 0 Å². The minimum Gasteiger partial charge on any atom is -0.475 e. The van der Waals surface area contributed by atoms with Gasteiger partial charge >= 0.3 is 0 Å². The average Bonchev–Trinajstić information content (AvgIpc) is 2.29. The molecule has 0 unspecified atom stereocenters. The molecular formula is C13H17NO2. The van der Waals surface area contributed by atoms with Gasteiger partial charge in [0.05, 0.1) is 5.69 Å². The summed E-state index contributed by atoms with van der Waals surface area (Å²) < 4.78 is 5.90. The summed E-state index contributed by atoms with van der Waals surface area (Å²) in [5.41, 5.74) is 1.21. The van der Waals surface area contributed by atoms with Gasteiger partial charge in [-0.1, -0.05) is 19.9 Å². The van der Waals surface area contributed by atoms with E-state index < -0.39 is 5.60 Å². The predicted octanol–water partition coefficient (Wildman–Crippen LogP) is 2.88. The lowest BCUT2D eigenvalue weighted by Gasteiger charge is -2.36. The van der Waals surface area contributed by atoms with Crippen LogP contribution < -0.4 is 10.1 Å². The Morgan fingerprint density at radius 1 is 1.31 bits per heavy atom. The fourth-order valence-electron chi connectivity index (χ4n) is 2.03. The minimum atomic E-state index is -0.694. The van der Waals surface area contributed by atoms with Gasteiger partial charge in [0.25, 0.3) is 5.91 Å². The molecule has 0 aromatic heterocycles. The third-order valence-electron chi connectivity index (χ3n) is 3.25. The second kappa shape index (κ2) is 3.81. The first-order valence-electron chi connectivity index (χ1n) is 5.72. The first-order chi connectivity index (χ1) is 7.61. The summed E-state index contributed by atoms with van der Waals surface area (Å²) >= 11 is 0. The molecule has 0 saturated carbocycles. The summed E-state index contributed by atoms with van der Waals surface area (Å²) in [6, 6.07) is 5.82. The molecule has 1 heterocycles. The number of hydrogen-bond acceptors (Lipinski definition) is 2. The Morgan fingerprint density at radius 3 is 2.62 bits per heavy atom. The summed E-state index contributed by atoms with van der Waals surface area (Å²) in [4.78, 5) is 12.0. The van der Waals surface area contributed by atoms with E-state index in [9.17, 15) is 4.79 Å². The van der Waals surface area contributed by atoms with E-state index in [1.807, 2.05) is 39.0 Å². The van der Waals surface area contributed by atoms with Crippen LogP contribution in [-0.4, -0.2) is 11.5 Å². The number of benzene rings is 1. The molecule has 0 aliphatic carbocycles. The number of hydrogen-bond donors (Lipinski definition) is 1. The van der Waals surface area contributed by atoms with E-state index in [-0.39, 0.29) is 5.91 Å². The molecule has 1 aromatic carbocycles. The SMILES string of the molecule is CCC1(CC)Oc2cc(C)ccc2NC1=O. The van der Waals surface area contributed by atoms with Crippen LogP contribution in [0.25, 0.3) is 0 Å². The van der Waals surface area contributed by atoms with Crippen molar-refractivity contribution in [3.05, 3.63) is 23.8 Å². The Hall–Kier alpha value is -1.51. The van der Waals surface area contributed by atoms with Gasteiger partial charge in [-0.2, -0.15) is 0 Å². The van der Waals surface area contributed by atoms with Crippen molar-refractivity contribution in [1.29, 1.82) is 0 Å². The van der Waals surface area contributed by atoms with Gasteiger partial charge < -0.3 is 10.1 Å². The quantitative estimate of drug-likeness (QED) is 0.830. The number of anilines is 1. The Morgan fingerprint density at radius 2 is 2.00 bits per heavy atom. The maximum absolute atomic E-state index is 12.0. The zero-order valence-electron chi connectivity index (χ0n) is 9.96. The van der Waals surface area contributed by atoms with Crippen LogP contribution in [-0.2, 0) is 4.79 Å². The van der Waals surface area contributed by atoms with Crippen molar-refractivity contribution in [2.75, 3.05) is 5.32 Å². The summed E-state index contributed by atoms with van der Waals surface area (Å²) in [5.74, 6) is 0.747. The third-order valence-corrected chi connectivity index (χ3v) is 3.25. The second-order valence-electron chi connectivity index (χ2n) is 4.26. The van der Waals surface area contributed by atoms with Crippen LogP contribution in [0.4, 0.5) is 5.69 Å². The fourth-order valence-corrected chi connectivity index (χ4v) is 2.03. The monoisotopic (exact) mass is 219 g/mol. The number of nitrogens with one attached hydrogen (secondary N) is 1. The van der Waals surface area contributed by atoms with Gasteiger partial charge in [-0.25, -0.2) is 0 Å². The summed E-state index contributed by atoms with van der Waals surface area (Å²) in [6.07, 6.45) is 1.37. The fraction of sp³-hybridized carbons (Fsp3) is 0.462. The Balaban J connectivity index is 2.43. The first kappa shape index (κ1) is 11.0. The highest BCUT2D eigenvalue weighted by Gasteiger charge is 2.41. The zero-order valence-corrected chi connectivity index (χ0v) is 9.96. The lowest BCUT2D eigenvalue weighted by atomic mass is 9.94. The van der Waals surface area contributed by atoms with Crippen LogP contribution in [0.1, 0.15) is 32.3 Å². The molecule has 1 amide bonds. The molecule has 0 fully saturated rings. The maximum atomic E-state index is 12.0. The Kier molecular flexibility index (Phi) is 2.62. The van der Waals surface area contributed by atoms with Crippen LogP contribution in [0.5, 0.6) is 5.75 Å². The molecule has 0 bridgehead atoms. The van der Waals surface area contributed by atoms with Crippen LogP contribution in [0.15, 0.2) is 18.2 Å². The van der Waals surface area contributed by atoms with Crippen LogP contribution >= 0.6 is 0 Å². The summed E-state index contributed by atoms with van der Waals surface area (Å²) in [5, 5.41) is 2.92. The van der Waals surface area contributed by atoms with Crippen molar-refractivity contribution in [2.45, 2.75) is 39.2 Å². The van der Waals surface area contributed by atoms with Crippen molar-refractivity contribution >= 4 is 11.6 Å². The third kappa shape index (κ3) is 1.56. The topological polar surface area (TPSA) is 38.3 Å². The molecule has 1 N–H and O–H groups in total. The minimum absolute atomic E-state index is 0.0335. The smallest absolute Gasteiger partial charge is 0.268 e. The van der Waals surface area contributed by atoms with Crippen molar-refractivity contribution in [3.63, 3.8) is 0 Å². The molecule has 1 aromatic rings. The van der Waals surface area contributed by atoms with Crippen molar-refractivity contribution in [3.8, 4) is 5.75 Å². The molecule has 0 spiro atoms. The van der Waals surface area contributed by atoms with Crippen LogP contribution in [0, 0.1) is 6.92 Å². The Labute approximate surface area is 95.8 Å². The molecule has 3 nitrogen and oxygen atoms in total. The molecule has 2 rings (SSSR count). The number of carbonyl (C=O) groups excluding carboxylic acids is 1. The van der Waals surface area contributed by atoms with Gasteiger partial charge in [-0.15, -0.1) is 0 Å². The number of fused-ring (bicyclic) bond motifs is 1. The highest BCUT2D eigenvalue weighted by atomic mass is 16.5. The van der Waals surface area contributed by atoms with Crippen molar-refractivity contribution in [2.24, 2.45) is 0 Å². The molecule has 86 valence electrons. The van der Waals surface area contributed by atoms with E-state index in [0.29, 0.717) is 12.8 Å². The largest absolute Gasteiger partial charge is 0.475 e. The summed E-state index contributed by atoms with van der Waals surface area (Å²) in [7, 11) is 0. The Bertz CT molecular complexity index is 422. The van der Waals surface area contributed by atoms with Gasteiger partial charge in [0.15, 0.2) is 5.60 Å². The normalized spacial score (nSPS) is 17.3. The lowest BCUT2D eigenvalue weighted by molar-refractivity contribution is -0.133. The molecule has 1 aliphatic rings. The zero-order chi connectivity index (χ0) is 11.8. The maximum Gasteiger partial charge on any atom is 0.268 e. The molecule has 0 saturated heterocycles. The predicted molar refractivity (Wildman–Crippen MR) is 63.7 cm³/mol. The van der Waals surface area contributed by atoms with E-state index in [1.54, 1.807) is 0 Å². The standard InChI is InChI=1S/C13H17NO2/c1-4-13(5-2)12(15)14-10-7-6-9(3)8-11(10)16-13/h6-8H,4-5H2,1-3H3,(H,14,15). The average molecular weight is 219 g/mol. The number of carbonyl (C=O) groups is 1. The van der Waals surface area contributed by atoms with E-state index in [1.165, 1.54) is 0 Å². The molecule has 0 atom stereocenters. The molecule has 3 heteroatoms. The van der Waals surface area contributed by atoms with E-state index in [4.69, 9.17) is 4.74 Å².